The van der Waals surface area contributed by atoms with E-state index in [0.29, 0.717) is 11.6 Å². The largest absolute Gasteiger partial charge is 0.356 e. The summed E-state index contributed by atoms with van der Waals surface area (Å²) in [7, 11) is 0. The summed E-state index contributed by atoms with van der Waals surface area (Å²) in [6.07, 6.45) is 0.860. The van der Waals surface area contributed by atoms with Gasteiger partial charge in [-0.05, 0) is 30.7 Å². The van der Waals surface area contributed by atoms with Crippen LogP contribution in [0.25, 0.3) is 0 Å². The number of piperazine rings is 1. The molecule has 0 aliphatic carbocycles. The van der Waals surface area contributed by atoms with Crippen LogP contribution < -0.4 is 5.32 Å². The molecule has 0 spiro atoms. The smallest absolute Gasteiger partial charge is 0.224 e. The fraction of sp³-hybridized carbons (Fsp3) is 0.409. The zero-order valence-corrected chi connectivity index (χ0v) is 16.8. The summed E-state index contributed by atoms with van der Waals surface area (Å²) in [6.45, 7) is 6.77. The van der Waals surface area contributed by atoms with Crippen molar-refractivity contribution in [3.8, 4) is 0 Å². The molecule has 28 heavy (non-hydrogen) atoms. The quantitative estimate of drug-likeness (QED) is 0.686. The highest BCUT2D eigenvalue weighted by atomic mass is 35.5. The first-order valence-corrected chi connectivity index (χ1v) is 10.2. The van der Waals surface area contributed by atoms with Gasteiger partial charge in [-0.15, -0.1) is 0 Å². The maximum absolute atomic E-state index is 13.7. The van der Waals surface area contributed by atoms with E-state index in [1.807, 2.05) is 6.07 Å². The molecule has 2 aromatic rings. The minimum absolute atomic E-state index is 0.0241. The van der Waals surface area contributed by atoms with E-state index in [9.17, 15) is 9.18 Å². The van der Waals surface area contributed by atoms with Crippen LogP contribution in [-0.4, -0.2) is 55.0 Å². The Kier molecular flexibility index (Phi) is 7.83. The molecule has 2 aromatic carbocycles. The molecule has 0 aromatic heterocycles. The summed E-state index contributed by atoms with van der Waals surface area (Å²) in [5.74, 6) is -0.629. The molecule has 1 amide bonds. The van der Waals surface area contributed by atoms with Crippen LogP contribution >= 0.6 is 11.6 Å². The molecule has 0 bridgehead atoms. The number of nitrogens with zero attached hydrogens (tertiary/aromatic N) is 2. The van der Waals surface area contributed by atoms with Gasteiger partial charge in [0, 0.05) is 49.9 Å². The third kappa shape index (κ3) is 6.30. The number of halogens is 2. The van der Waals surface area contributed by atoms with Gasteiger partial charge in [-0.1, -0.05) is 48.0 Å². The van der Waals surface area contributed by atoms with E-state index in [0.717, 1.165) is 45.7 Å². The molecule has 1 aliphatic heterocycles. The summed E-state index contributed by atoms with van der Waals surface area (Å²) < 4.78 is 13.7. The highest BCUT2D eigenvalue weighted by Gasteiger charge is 2.17. The number of rotatable bonds is 8. The second-order valence-corrected chi connectivity index (χ2v) is 7.59. The lowest BCUT2D eigenvalue weighted by Gasteiger charge is -2.34. The average Bonchev–Trinajstić information content (AvgIpc) is 2.70. The van der Waals surface area contributed by atoms with E-state index in [2.05, 4.69) is 39.4 Å². The highest BCUT2D eigenvalue weighted by Crippen LogP contribution is 2.19. The lowest BCUT2D eigenvalue weighted by atomic mass is 10.1. The van der Waals surface area contributed by atoms with Gasteiger partial charge >= 0.3 is 0 Å². The van der Waals surface area contributed by atoms with Gasteiger partial charge in [0.1, 0.15) is 5.82 Å². The minimum Gasteiger partial charge on any atom is -0.356 e. The normalized spacial score (nSPS) is 15.5. The van der Waals surface area contributed by atoms with E-state index in [1.165, 1.54) is 11.6 Å². The van der Waals surface area contributed by atoms with Crippen LogP contribution in [0.1, 0.15) is 17.5 Å². The second kappa shape index (κ2) is 10.6. The molecule has 0 saturated carbocycles. The van der Waals surface area contributed by atoms with Crippen molar-refractivity contribution in [2.75, 3.05) is 39.3 Å². The average molecular weight is 404 g/mol. The zero-order chi connectivity index (χ0) is 19.8. The first kappa shape index (κ1) is 20.8. The summed E-state index contributed by atoms with van der Waals surface area (Å²) in [4.78, 5) is 16.9. The van der Waals surface area contributed by atoms with Gasteiger partial charge in [0.25, 0.3) is 0 Å². The Morgan fingerprint density at radius 2 is 1.71 bits per heavy atom. The standard InChI is InChI=1S/C22H27ClFN3O/c23-20-8-4-9-21(24)19(20)16-22(28)25-10-5-11-26-12-14-27(15-13-26)17-18-6-2-1-3-7-18/h1-4,6-9H,5,10-17H2,(H,25,28). The zero-order valence-electron chi connectivity index (χ0n) is 16.0. The van der Waals surface area contributed by atoms with E-state index in [-0.39, 0.29) is 17.9 Å². The molecule has 1 saturated heterocycles. The van der Waals surface area contributed by atoms with E-state index >= 15 is 0 Å². The fourth-order valence-electron chi connectivity index (χ4n) is 3.47. The molecule has 4 nitrogen and oxygen atoms in total. The predicted octanol–water partition coefficient (Wildman–Crippen LogP) is 3.35. The van der Waals surface area contributed by atoms with Crippen molar-refractivity contribution in [2.24, 2.45) is 0 Å². The Balaban J connectivity index is 1.30. The van der Waals surface area contributed by atoms with Gasteiger partial charge in [0.2, 0.25) is 5.91 Å². The van der Waals surface area contributed by atoms with Crippen molar-refractivity contribution in [3.63, 3.8) is 0 Å². The maximum atomic E-state index is 13.7. The summed E-state index contributed by atoms with van der Waals surface area (Å²) in [6, 6.07) is 15.0. The molecule has 1 fully saturated rings. The van der Waals surface area contributed by atoms with E-state index in [4.69, 9.17) is 11.6 Å². The molecular weight excluding hydrogens is 377 g/mol. The van der Waals surface area contributed by atoms with Crippen LogP contribution in [0.3, 0.4) is 0 Å². The van der Waals surface area contributed by atoms with E-state index < -0.39 is 5.82 Å². The van der Waals surface area contributed by atoms with Crippen molar-refractivity contribution < 1.29 is 9.18 Å². The lowest BCUT2D eigenvalue weighted by Crippen LogP contribution is -2.46. The number of carbonyl (C=O) groups excluding carboxylic acids is 1. The molecule has 1 aliphatic rings. The molecule has 0 unspecified atom stereocenters. The number of nitrogens with one attached hydrogen (secondary N) is 1. The molecular formula is C22H27ClFN3O. The summed E-state index contributed by atoms with van der Waals surface area (Å²) in [5.41, 5.74) is 1.62. The third-order valence-corrected chi connectivity index (χ3v) is 5.44. The first-order chi connectivity index (χ1) is 13.6. The van der Waals surface area contributed by atoms with Gasteiger partial charge in [0.05, 0.1) is 6.42 Å². The third-order valence-electron chi connectivity index (χ3n) is 5.09. The number of hydrogen-bond donors (Lipinski definition) is 1. The maximum Gasteiger partial charge on any atom is 0.224 e. The van der Waals surface area contributed by atoms with Crippen LogP contribution in [0.2, 0.25) is 5.02 Å². The van der Waals surface area contributed by atoms with Crippen LogP contribution in [0.5, 0.6) is 0 Å². The Bertz CT molecular complexity index is 743. The number of carbonyl (C=O) groups is 1. The number of hydrogen-bond acceptors (Lipinski definition) is 3. The molecule has 1 heterocycles. The predicted molar refractivity (Wildman–Crippen MR) is 111 cm³/mol. The molecule has 6 heteroatoms. The molecule has 0 radical (unpaired) electrons. The van der Waals surface area contributed by atoms with Crippen LogP contribution in [0.15, 0.2) is 48.5 Å². The van der Waals surface area contributed by atoms with Gasteiger partial charge in [-0.3, -0.25) is 9.69 Å². The SMILES string of the molecule is O=C(Cc1c(F)cccc1Cl)NCCCN1CCN(Cc2ccccc2)CC1. The highest BCUT2D eigenvalue weighted by molar-refractivity contribution is 6.31. The monoisotopic (exact) mass is 403 g/mol. The molecule has 0 atom stereocenters. The van der Waals surface area contributed by atoms with Crippen molar-refractivity contribution in [1.29, 1.82) is 0 Å². The van der Waals surface area contributed by atoms with Crippen molar-refractivity contribution in [1.82, 2.24) is 15.1 Å². The van der Waals surface area contributed by atoms with Crippen LogP contribution in [-0.2, 0) is 17.8 Å². The van der Waals surface area contributed by atoms with Gasteiger partial charge < -0.3 is 10.2 Å². The Morgan fingerprint density at radius 3 is 2.43 bits per heavy atom. The summed E-state index contributed by atoms with van der Waals surface area (Å²) >= 11 is 5.97. The number of amides is 1. The fourth-order valence-corrected chi connectivity index (χ4v) is 3.70. The first-order valence-electron chi connectivity index (χ1n) is 9.80. The molecule has 1 N–H and O–H groups in total. The topological polar surface area (TPSA) is 35.6 Å². The van der Waals surface area contributed by atoms with Gasteiger partial charge in [-0.25, -0.2) is 4.39 Å². The Labute approximate surface area is 171 Å². The Morgan fingerprint density at radius 1 is 1.00 bits per heavy atom. The van der Waals surface area contributed by atoms with Gasteiger partial charge in [0.15, 0.2) is 0 Å². The van der Waals surface area contributed by atoms with Crippen molar-refractivity contribution >= 4 is 17.5 Å². The second-order valence-electron chi connectivity index (χ2n) is 7.18. The molecule has 150 valence electrons. The van der Waals surface area contributed by atoms with Crippen molar-refractivity contribution in [3.05, 3.63) is 70.5 Å². The van der Waals surface area contributed by atoms with Gasteiger partial charge in [-0.2, -0.15) is 0 Å². The summed E-state index contributed by atoms with van der Waals surface area (Å²) in [5, 5.41) is 3.16. The Hall–Kier alpha value is -1.95. The van der Waals surface area contributed by atoms with E-state index in [1.54, 1.807) is 12.1 Å². The van der Waals surface area contributed by atoms with Crippen LogP contribution in [0.4, 0.5) is 4.39 Å². The molecule has 3 rings (SSSR count). The van der Waals surface area contributed by atoms with Crippen molar-refractivity contribution in [2.45, 2.75) is 19.4 Å². The van der Waals surface area contributed by atoms with Crippen LogP contribution in [0, 0.1) is 5.82 Å². The minimum atomic E-state index is -0.434. The lowest BCUT2D eigenvalue weighted by molar-refractivity contribution is -0.120. The number of benzene rings is 2.